The van der Waals surface area contributed by atoms with Gasteiger partial charge in [-0.1, -0.05) is 18.2 Å². The molecular weight excluding hydrogens is 262 g/mol. The molecule has 1 aliphatic rings. The Kier molecular flexibility index (Phi) is 2.78. The highest BCUT2D eigenvalue weighted by molar-refractivity contribution is 6.03. The van der Waals surface area contributed by atoms with Crippen molar-refractivity contribution in [3.8, 4) is 11.5 Å². The number of hydrogen-bond donors (Lipinski definition) is 1. The molecule has 2 aromatic carbocycles. The van der Waals surface area contributed by atoms with Gasteiger partial charge in [0, 0.05) is 17.3 Å². The van der Waals surface area contributed by atoms with E-state index < -0.39 is 0 Å². The molecule has 104 valence electrons. The zero-order valence-corrected chi connectivity index (χ0v) is 11.6. The van der Waals surface area contributed by atoms with Gasteiger partial charge < -0.3 is 9.72 Å². The highest BCUT2D eigenvalue weighted by Gasteiger charge is 2.21. The minimum absolute atomic E-state index is 0.220. The normalized spacial score (nSPS) is 14.2. The molecule has 1 N–H and O–H groups in total. The number of ketones is 1. The second-order valence-electron chi connectivity index (χ2n) is 5.38. The zero-order chi connectivity index (χ0) is 14.2. The van der Waals surface area contributed by atoms with E-state index in [2.05, 4.69) is 4.98 Å². The summed E-state index contributed by atoms with van der Waals surface area (Å²) in [6.07, 6.45) is 2.53. The van der Waals surface area contributed by atoms with Crippen LogP contribution < -0.4 is 4.74 Å². The minimum Gasteiger partial charge on any atom is -0.457 e. The second-order valence-corrected chi connectivity index (χ2v) is 5.38. The van der Waals surface area contributed by atoms with Crippen molar-refractivity contribution in [3.05, 3.63) is 59.8 Å². The molecule has 1 aliphatic carbocycles. The van der Waals surface area contributed by atoms with Crippen LogP contribution in [0.15, 0.2) is 48.5 Å². The summed E-state index contributed by atoms with van der Waals surface area (Å²) in [6, 6.07) is 15.7. The van der Waals surface area contributed by atoms with E-state index in [4.69, 9.17) is 4.74 Å². The van der Waals surface area contributed by atoms with Crippen molar-refractivity contribution in [3.63, 3.8) is 0 Å². The van der Waals surface area contributed by atoms with Crippen LogP contribution in [0, 0.1) is 0 Å². The summed E-state index contributed by atoms with van der Waals surface area (Å²) in [5.74, 6) is 1.84. The lowest BCUT2D eigenvalue weighted by atomic mass is 9.95. The molecule has 0 saturated carbocycles. The largest absolute Gasteiger partial charge is 0.457 e. The van der Waals surface area contributed by atoms with E-state index >= 15 is 0 Å². The van der Waals surface area contributed by atoms with Crippen LogP contribution in [0.25, 0.3) is 10.9 Å². The van der Waals surface area contributed by atoms with Gasteiger partial charge in [-0.25, -0.2) is 0 Å². The number of carbonyl (C=O) groups is 1. The fourth-order valence-corrected chi connectivity index (χ4v) is 2.96. The Bertz CT molecular complexity index is 818. The smallest absolute Gasteiger partial charge is 0.179 e. The first-order chi connectivity index (χ1) is 10.3. The van der Waals surface area contributed by atoms with Gasteiger partial charge in [-0.3, -0.25) is 4.79 Å². The Balaban J connectivity index is 1.77. The van der Waals surface area contributed by atoms with Crippen LogP contribution in [0.2, 0.25) is 0 Å². The Hall–Kier alpha value is -2.55. The van der Waals surface area contributed by atoms with Crippen molar-refractivity contribution in [1.29, 1.82) is 0 Å². The van der Waals surface area contributed by atoms with Gasteiger partial charge in [0.1, 0.15) is 11.5 Å². The van der Waals surface area contributed by atoms with Crippen molar-refractivity contribution in [2.24, 2.45) is 0 Å². The number of carbonyl (C=O) groups excluding carboxylic acids is 1. The monoisotopic (exact) mass is 277 g/mol. The Morgan fingerprint density at radius 1 is 0.952 bits per heavy atom. The van der Waals surface area contributed by atoms with E-state index in [1.807, 2.05) is 48.5 Å². The fourth-order valence-electron chi connectivity index (χ4n) is 2.96. The van der Waals surface area contributed by atoms with Gasteiger partial charge in [-0.2, -0.15) is 0 Å². The van der Waals surface area contributed by atoms with Gasteiger partial charge in [0.05, 0.1) is 5.69 Å². The van der Waals surface area contributed by atoms with Gasteiger partial charge in [-0.05, 0) is 48.7 Å². The maximum absolute atomic E-state index is 12.0. The minimum atomic E-state index is 0.220. The summed E-state index contributed by atoms with van der Waals surface area (Å²) >= 11 is 0. The number of rotatable bonds is 2. The van der Waals surface area contributed by atoms with E-state index in [0.717, 1.165) is 46.5 Å². The number of hydrogen-bond acceptors (Lipinski definition) is 2. The number of aromatic amines is 1. The molecule has 3 heteroatoms. The van der Waals surface area contributed by atoms with Gasteiger partial charge >= 0.3 is 0 Å². The van der Waals surface area contributed by atoms with E-state index in [9.17, 15) is 4.79 Å². The lowest BCUT2D eigenvalue weighted by Gasteiger charge is -2.10. The van der Waals surface area contributed by atoms with Crippen LogP contribution in [0.1, 0.15) is 28.9 Å². The molecule has 0 bridgehead atoms. The van der Waals surface area contributed by atoms with E-state index in [1.54, 1.807) is 0 Å². The molecule has 0 atom stereocenters. The molecule has 4 rings (SSSR count). The zero-order valence-electron chi connectivity index (χ0n) is 11.6. The molecule has 3 aromatic rings. The molecule has 0 unspecified atom stereocenters. The maximum atomic E-state index is 12.0. The topological polar surface area (TPSA) is 42.1 Å². The summed E-state index contributed by atoms with van der Waals surface area (Å²) in [5.41, 5.74) is 2.93. The number of H-pyrrole nitrogens is 1. The number of para-hydroxylation sites is 1. The number of aromatic nitrogens is 1. The van der Waals surface area contributed by atoms with Crippen molar-refractivity contribution < 1.29 is 9.53 Å². The molecule has 0 amide bonds. The highest BCUT2D eigenvalue weighted by atomic mass is 16.5. The number of benzene rings is 2. The molecule has 21 heavy (non-hydrogen) atoms. The van der Waals surface area contributed by atoms with Gasteiger partial charge in [0.25, 0.3) is 0 Å². The molecule has 0 saturated heterocycles. The molecule has 0 fully saturated rings. The number of fused-ring (bicyclic) bond motifs is 3. The Morgan fingerprint density at radius 3 is 2.67 bits per heavy atom. The number of aryl methyl sites for hydroxylation is 1. The Morgan fingerprint density at radius 2 is 1.81 bits per heavy atom. The summed E-state index contributed by atoms with van der Waals surface area (Å²) < 4.78 is 5.87. The third-order valence-electron chi connectivity index (χ3n) is 3.97. The molecule has 1 heterocycles. The fraction of sp³-hybridized carbons (Fsp3) is 0.167. The van der Waals surface area contributed by atoms with Crippen molar-refractivity contribution in [2.45, 2.75) is 19.3 Å². The third-order valence-corrected chi connectivity index (χ3v) is 3.97. The summed E-state index contributed by atoms with van der Waals surface area (Å²) in [6.45, 7) is 0. The van der Waals surface area contributed by atoms with Crippen molar-refractivity contribution in [1.82, 2.24) is 4.98 Å². The van der Waals surface area contributed by atoms with Crippen LogP contribution in [-0.4, -0.2) is 10.8 Å². The quantitative estimate of drug-likeness (QED) is 0.750. The average Bonchev–Trinajstić information content (AvgIpc) is 2.88. The number of nitrogens with one attached hydrogen (secondary N) is 1. The highest BCUT2D eigenvalue weighted by Crippen LogP contribution is 2.32. The van der Waals surface area contributed by atoms with Crippen LogP contribution >= 0.6 is 0 Å². The summed E-state index contributed by atoms with van der Waals surface area (Å²) in [4.78, 5) is 15.2. The van der Waals surface area contributed by atoms with Gasteiger partial charge in [-0.15, -0.1) is 0 Å². The van der Waals surface area contributed by atoms with Crippen LogP contribution in [0.4, 0.5) is 0 Å². The molecule has 1 aromatic heterocycles. The van der Waals surface area contributed by atoms with Gasteiger partial charge in [0.2, 0.25) is 0 Å². The first-order valence-corrected chi connectivity index (χ1v) is 7.22. The number of Topliss-reactive ketones (excluding diaryl/α,β-unsaturated/α-hetero) is 1. The van der Waals surface area contributed by atoms with Crippen LogP contribution in [-0.2, 0) is 6.42 Å². The standard InChI is InChI=1S/C18H15NO2/c20-17-8-4-7-14-15-11-13(9-10-16(15)19-18(14)17)21-12-5-2-1-3-6-12/h1-3,5-6,9-11,19H,4,7-8H2. The molecule has 3 nitrogen and oxygen atoms in total. The van der Waals surface area contributed by atoms with E-state index in [1.165, 1.54) is 0 Å². The lowest BCUT2D eigenvalue weighted by Crippen LogP contribution is -2.09. The first-order valence-electron chi connectivity index (χ1n) is 7.22. The molecular formula is C18H15NO2. The SMILES string of the molecule is O=C1CCCc2c1[nH]c1ccc(Oc3ccccc3)cc21. The second kappa shape index (κ2) is 4.77. The lowest BCUT2D eigenvalue weighted by molar-refractivity contribution is 0.0968. The van der Waals surface area contributed by atoms with Crippen molar-refractivity contribution in [2.75, 3.05) is 0 Å². The van der Waals surface area contributed by atoms with E-state index in [-0.39, 0.29) is 5.78 Å². The molecule has 0 aliphatic heterocycles. The third kappa shape index (κ3) is 2.11. The number of ether oxygens (including phenoxy) is 1. The van der Waals surface area contributed by atoms with Crippen LogP contribution in [0.5, 0.6) is 11.5 Å². The maximum Gasteiger partial charge on any atom is 0.179 e. The average molecular weight is 277 g/mol. The summed E-state index contributed by atoms with van der Waals surface area (Å²) in [5, 5.41) is 1.10. The Labute approximate surface area is 122 Å². The van der Waals surface area contributed by atoms with E-state index in [0.29, 0.717) is 6.42 Å². The molecule has 0 spiro atoms. The van der Waals surface area contributed by atoms with Gasteiger partial charge in [0.15, 0.2) is 5.78 Å². The predicted octanol–water partition coefficient (Wildman–Crippen LogP) is 4.48. The summed E-state index contributed by atoms with van der Waals surface area (Å²) in [7, 11) is 0. The molecule has 0 radical (unpaired) electrons. The first kappa shape index (κ1) is 12.2. The van der Waals surface area contributed by atoms with Crippen LogP contribution in [0.3, 0.4) is 0 Å². The van der Waals surface area contributed by atoms with Crippen molar-refractivity contribution >= 4 is 16.7 Å². The predicted molar refractivity (Wildman–Crippen MR) is 82.1 cm³/mol.